The maximum absolute atomic E-state index is 12.6. The van der Waals surface area contributed by atoms with Gasteiger partial charge in [0.05, 0.1) is 12.2 Å². The number of aromatic nitrogens is 2. The second kappa shape index (κ2) is 5.96. The number of benzene rings is 1. The standard InChI is InChI=1S/C18H17N3O3/c1-12-6-7-17(20-19-12)23-14-8-9-21(11-14)18(22)16-10-13-4-2-3-5-15(13)24-16/h2-7,10,14H,8-9,11H2,1H3. The maximum Gasteiger partial charge on any atom is 0.289 e. The Balaban J connectivity index is 1.44. The molecule has 0 bridgehead atoms. The first-order valence-electron chi connectivity index (χ1n) is 7.94. The third-order valence-corrected chi connectivity index (χ3v) is 4.13. The highest BCUT2D eigenvalue weighted by molar-refractivity contribution is 5.96. The molecule has 3 heterocycles. The molecule has 6 heteroatoms. The van der Waals surface area contributed by atoms with Gasteiger partial charge in [-0.3, -0.25) is 4.79 Å². The highest BCUT2D eigenvalue weighted by Crippen LogP contribution is 2.23. The summed E-state index contributed by atoms with van der Waals surface area (Å²) in [5.41, 5.74) is 1.57. The lowest BCUT2D eigenvalue weighted by molar-refractivity contribution is 0.0742. The number of carbonyl (C=O) groups is 1. The third kappa shape index (κ3) is 2.82. The summed E-state index contributed by atoms with van der Waals surface area (Å²) in [6, 6.07) is 13.1. The molecule has 1 aromatic carbocycles. The molecule has 1 fully saturated rings. The lowest BCUT2D eigenvalue weighted by atomic mass is 10.2. The molecule has 0 spiro atoms. The Morgan fingerprint density at radius 2 is 2.12 bits per heavy atom. The largest absolute Gasteiger partial charge is 0.471 e. The molecular formula is C18H17N3O3. The number of rotatable bonds is 3. The number of carbonyl (C=O) groups excluding carboxylic acids is 1. The van der Waals surface area contributed by atoms with Gasteiger partial charge in [0, 0.05) is 24.4 Å². The van der Waals surface area contributed by atoms with E-state index in [-0.39, 0.29) is 12.0 Å². The fraction of sp³-hybridized carbons (Fsp3) is 0.278. The molecule has 0 saturated carbocycles. The van der Waals surface area contributed by atoms with Crippen LogP contribution in [0, 0.1) is 6.92 Å². The van der Waals surface area contributed by atoms with Crippen LogP contribution in [-0.2, 0) is 0 Å². The van der Waals surface area contributed by atoms with E-state index in [2.05, 4.69) is 10.2 Å². The van der Waals surface area contributed by atoms with Crippen molar-refractivity contribution in [2.24, 2.45) is 0 Å². The van der Waals surface area contributed by atoms with Crippen LogP contribution in [0.25, 0.3) is 11.0 Å². The molecule has 24 heavy (non-hydrogen) atoms. The zero-order valence-electron chi connectivity index (χ0n) is 13.3. The minimum atomic E-state index is -0.104. The Morgan fingerprint density at radius 1 is 1.25 bits per heavy atom. The molecule has 1 aliphatic rings. The van der Waals surface area contributed by atoms with E-state index in [0.717, 1.165) is 23.1 Å². The van der Waals surface area contributed by atoms with Crippen molar-refractivity contribution in [2.45, 2.75) is 19.4 Å². The molecule has 6 nitrogen and oxygen atoms in total. The summed E-state index contributed by atoms with van der Waals surface area (Å²) >= 11 is 0. The normalized spacial score (nSPS) is 17.4. The maximum atomic E-state index is 12.6. The van der Waals surface area contributed by atoms with Crippen LogP contribution in [0.2, 0.25) is 0 Å². The third-order valence-electron chi connectivity index (χ3n) is 4.13. The molecule has 1 unspecified atom stereocenters. The summed E-state index contributed by atoms with van der Waals surface area (Å²) in [6.45, 7) is 3.03. The van der Waals surface area contributed by atoms with E-state index >= 15 is 0 Å². The topological polar surface area (TPSA) is 68.5 Å². The number of likely N-dealkylation sites (tertiary alicyclic amines) is 1. The van der Waals surface area contributed by atoms with Crippen LogP contribution in [0.15, 0.2) is 46.9 Å². The van der Waals surface area contributed by atoms with Gasteiger partial charge in [-0.15, -0.1) is 5.10 Å². The van der Waals surface area contributed by atoms with Crippen LogP contribution in [0.5, 0.6) is 5.88 Å². The number of amides is 1. The van der Waals surface area contributed by atoms with Crippen LogP contribution in [0.3, 0.4) is 0 Å². The number of para-hydroxylation sites is 1. The summed E-state index contributed by atoms with van der Waals surface area (Å²) in [5.74, 6) is 0.753. The molecule has 1 atom stereocenters. The number of hydrogen-bond acceptors (Lipinski definition) is 5. The van der Waals surface area contributed by atoms with Crippen LogP contribution in [0.4, 0.5) is 0 Å². The van der Waals surface area contributed by atoms with Gasteiger partial charge in [0.15, 0.2) is 5.76 Å². The van der Waals surface area contributed by atoms with Gasteiger partial charge in [0.1, 0.15) is 11.7 Å². The number of nitrogens with zero attached hydrogens (tertiary/aromatic N) is 3. The van der Waals surface area contributed by atoms with E-state index in [9.17, 15) is 4.79 Å². The molecule has 3 aromatic rings. The van der Waals surface area contributed by atoms with Gasteiger partial charge in [-0.1, -0.05) is 18.2 Å². The van der Waals surface area contributed by atoms with Crippen molar-refractivity contribution >= 4 is 16.9 Å². The number of hydrogen-bond donors (Lipinski definition) is 0. The zero-order valence-corrected chi connectivity index (χ0v) is 13.3. The molecule has 1 saturated heterocycles. The second-order valence-electron chi connectivity index (χ2n) is 5.94. The Bertz CT molecular complexity index is 840. The van der Waals surface area contributed by atoms with E-state index < -0.39 is 0 Å². The predicted molar refractivity (Wildman–Crippen MR) is 87.9 cm³/mol. The number of fused-ring (bicyclic) bond motifs is 1. The Morgan fingerprint density at radius 3 is 2.92 bits per heavy atom. The fourth-order valence-electron chi connectivity index (χ4n) is 2.87. The smallest absolute Gasteiger partial charge is 0.289 e. The van der Waals surface area contributed by atoms with Gasteiger partial charge >= 0.3 is 0 Å². The van der Waals surface area contributed by atoms with Crippen molar-refractivity contribution < 1.29 is 13.9 Å². The minimum Gasteiger partial charge on any atom is -0.471 e. The first-order valence-corrected chi connectivity index (χ1v) is 7.94. The van der Waals surface area contributed by atoms with Crippen molar-refractivity contribution in [3.05, 3.63) is 53.9 Å². The SMILES string of the molecule is Cc1ccc(OC2CCN(C(=O)c3cc4ccccc4o3)C2)nn1. The Kier molecular flexibility index (Phi) is 3.65. The molecule has 1 aliphatic heterocycles. The second-order valence-corrected chi connectivity index (χ2v) is 5.94. The first-order chi connectivity index (χ1) is 11.7. The molecule has 2 aromatic heterocycles. The van der Waals surface area contributed by atoms with E-state index in [4.69, 9.17) is 9.15 Å². The average Bonchev–Trinajstić information content (AvgIpc) is 3.23. The Labute approximate surface area is 139 Å². The van der Waals surface area contributed by atoms with Gasteiger partial charge in [0.2, 0.25) is 5.88 Å². The van der Waals surface area contributed by atoms with Crippen LogP contribution in [0.1, 0.15) is 22.7 Å². The highest BCUT2D eigenvalue weighted by Gasteiger charge is 2.30. The number of ether oxygens (including phenoxy) is 1. The predicted octanol–water partition coefficient (Wildman–Crippen LogP) is 2.82. The minimum absolute atomic E-state index is 0.0738. The van der Waals surface area contributed by atoms with Gasteiger partial charge in [0.25, 0.3) is 5.91 Å². The van der Waals surface area contributed by atoms with Crippen LogP contribution < -0.4 is 4.74 Å². The average molecular weight is 323 g/mol. The van der Waals surface area contributed by atoms with Crippen molar-refractivity contribution in [1.29, 1.82) is 0 Å². The van der Waals surface area contributed by atoms with Crippen molar-refractivity contribution in [2.75, 3.05) is 13.1 Å². The molecule has 0 N–H and O–H groups in total. The molecular weight excluding hydrogens is 306 g/mol. The van der Waals surface area contributed by atoms with E-state index in [0.29, 0.717) is 24.7 Å². The van der Waals surface area contributed by atoms with Gasteiger partial charge in [-0.2, -0.15) is 5.10 Å². The first kappa shape index (κ1) is 14.7. The van der Waals surface area contributed by atoms with Crippen molar-refractivity contribution in [3.8, 4) is 5.88 Å². The van der Waals surface area contributed by atoms with Crippen LogP contribution in [-0.4, -0.2) is 40.2 Å². The molecule has 1 amide bonds. The van der Waals surface area contributed by atoms with E-state index in [1.165, 1.54) is 0 Å². The van der Waals surface area contributed by atoms with Crippen molar-refractivity contribution in [1.82, 2.24) is 15.1 Å². The van der Waals surface area contributed by atoms with E-state index in [1.54, 1.807) is 17.0 Å². The zero-order chi connectivity index (χ0) is 16.5. The number of aryl methyl sites for hydroxylation is 1. The monoisotopic (exact) mass is 323 g/mol. The molecule has 122 valence electrons. The fourth-order valence-corrected chi connectivity index (χ4v) is 2.87. The molecule has 0 radical (unpaired) electrons. The van der Waals surface area contributed by atoms with Gasteiger partial charge < -0.3 is 14.1 Å². The van der Waals surface area contributed by atoms with E-state index in [1.807, 2.05) is 37.3 Å². The summed E-state index contributed by atoms with van der Waals surface area (Å²) in [6.07, 6.45) is 0.692. The van der Waals surface area contributed by atoms with Gasteiger partial charge in [-0.25, -0.2) is 0 Å². The van der Waals surface area contributed by atoms with Crippen molar-refractivity contribution in [3.63, 3.8) is 0 Å². The summed E-state index contributed by atoms with van der Waals surface area (Å²) in [5, 5.41) is 8.91. The summed E-state index contributed by atoms with van der Waals surface area (Å²) < 4.78 is 11.5. The quantitative estimate of drug-likeness (QED) is 0.741. The lowest BCUT2D eigenvalue weighted by Gasteiger charge is -2.15. The Hall–Kier alpha value is -2.89. The lowest BCUT2D eigenvalue weighted by Crippen LogP contribution is -2.30. The van der Waals surface area contributed by atoms with Crippen LogP contribution >= 0.6 is 0 Å². The summed E-state index contributed by atoms with van der Waals surface area (Å²) in [4.78, 5) is 14.4. The molecule has 0 aliphatic carbocycles. The van der Waals surface area contributed by atoms with Gasteiger partial charge in [-0.05, 0) is 25.1 Å². The molecule has 4 rings (SSSR count). The number of furan rings is 1. The summed E-state index contributed by atoms with van der Waals surface area (Å²) in [7, 11) is 0. The highest BCUT2D eigenvalue weighted by atomic mass is 16.5.